The molecule has 5 heteroatoms. The Balaban J connectivity index is 2.77. The van der Waals surface area contributed by atoms with E-state index in [0.29, 0.717) is 0 Å². The van der Waals surface area contributed by atoms with Crippen LogP contribution in [0.4, 0.5) is 10.1 Å². The normalized spacial score (nSPS) is 12.2. The van der Waals surface area contributed by atoms with Crippen molar-refractivity contribution < 1.29 is 14.3 Å². The smallest absolute Gasteiger partial charge is 0.253 e. The number of rotatable bonds is 3. The third-order valence-electron chi connectivity index (χ3n) is 1.82. The number of anilines is 1. The van der Waals surface area contributed by atoms with Crippen LogP contribution in [0.15, 0.2) is 18.2 Å². The SMILES string of the molecule is C[C@H](O)CNC(=O)c1cc(F)ccc1N. The number of carbonyl (C=O) groups is 1. The Morgan fingerprint density at radius 3 is 2.93 bits per heavy atom. The van der Waals surface area contributed by atoms with Gasteiger partial charge in [0.1, 0.15) is 5.82 Å². The molecule has 0 aliphatic rings. The minimum absolute atomic E-state index is 0.0793. The molecule has 15 heavy (non-hydrogen) atoms. The lowest BCUT2D eigenvalue weighted by Gasteiger charge is -2.08. The summed E-state index contributed by atoms with van der Waals surface area (Å²) in [5, 5.41) is 11.4. The molecule has 0 saturated carbocycles. The fourth-order valence-electron chi connectivity index (χ4n) is 1.06. The van der Waals surface area contributed by atoms with Crippen molar-refractivity contribution in [3.63, 3.8) is 0 Å². The molecule has 0 bridgehead atoms. The van der Waals surface area contributed by atoms with Gasteiger partial charge in [0.05, 0.1) is 11.7 Å². The Bertz CT molecular complexity index is 366. The average Bonchev–Trinajstić information content (AvgIpc) is 2.18. The fourth-order valence-corrected chi connectivity index (χ4v) is 1.06. The number of nitrogen functional groups attached to an aromatic ring is 1. The molecule has 0 heterocycles. The largest absolute Gasteiger partial charge is 0.398 e. The van der Waals surface area contributed by atoms with Gasteiger partial charge in [-0.25, -0.2) is 4.39 Å². The lowest BCUT2D eigenvalue weighted by Crippen LogP contribution is -2.31. The van der Waals surface area contributed by atoms with Crippen molar-refractivity contribution >= 4 is 11.6 Å². The number of hydrogen-bond acceptors (Lipinski definition) is 3. The molecule has 0 spiro atoms. The number of benzene rings is 1. The predicted molar refractivity (Wildman–Crippen MR) is 54.8 cm³/mol. The van der Waals surface area contributed by atoms with Gasteiger partial charge in [-0.2, -0.15) is 0 Å². The zero-order valence-corrected chi connectivity index (χ0v) is 8.33. The molecule has 82 valence electrons. The zero-order chi connectivity index (χ0) is 11.4. The Hall–Kier alpha value is -1.62. The maximum absolute atomic E-state index is 12.8. The average molecular weight is 212 g/mol. The van der Waals surface area contributed by atoms with E-state index in [1.165, 1.54) is 19.1 Å². The molecule has 4 nitrogen and oxygen atoms in total. The number of hydrogen-bond donors (Lipinski definition) is 3. The van der Waals surface area contributed by atoms with Crippen LogP contribution in [-0.4, -0.2) is 23.7 Å². The molecule has 0 saturated heterocycles. The molecule has 1 aromatic carbocycles. The van der Waals surface area contributed by atoms with E-state index in [-0.39, 0.29) is 17.8 Å². The molecule has 1 amide bonds. The minimum Gasteiger partial charge on any atom is -0.398 e. The topological polar surface area (TPSA) is 75.3 Å². The first-order chi connectivity index (χ1) is 7.00. The van der Waals surface area contributed by atoms with Crippen LogP contribution in [-0.2, 0) is 0 Å². The van der Waals surface area contributed by atoms with E-state index in [1.54, 1.807) is 0 Å². The summed E-state index contributed by atoms with van der Waals surface area (Å²) < 4.78 is 12.8. The number of nitrogens with one attached hydrogen (secondary N) is 1. The van der Waals surface area contributed by atoms with Crippen LogP contribution in [0.2, 0.25) is 0 Å². The monoisotopic (exact) mass is 212 g/mol. The quantitative estimate of drug-likeness (QED) is 0.639. The van der Waals surface area contributed by atoms with Gasteiger partial charge in [0.25, 0.3) is 5.91 Å². The summed E-state index contributed by atoms with van der Waals surface area (Å²) in [7, 11) is 0. The van der Waals surface area contributed by atoms with Crippen molar-refractivity contribution in [2.45, 2.75) is 13.0 Å². The Morgan fingerprint density at radius 2 is 2.33 bits per heavy atom. The third kappa shape index (κ3) is 3.21. The van der Waals surface area contributed by atoms with Crippen LogP contribution < -0.4 is 11.1 Å². The summed E-state index contributed by atoms with van der Waals surface area (Å²) >= 11 is 0. The zero-order valence-electron chi connectivity index (χ0n) is 8.33. The van der Waals surface area contributed by atoms with E-state index >= 15 is 0 Å². The molecule has 0 radical (unpaired) electrons. The highest BCUT2D eigenvalue weighted by molar-refractivity contribution is 5.99. The second-order valence-electron chi connectivity index (χ2n) is 3.29. The van der Waals surface area contributed by atoms with E-state index in [0.717, 1.165) is 6.07 Å². The highest BCUT2D eigenvalue weighted by Gasteiger charge is 2.10. The maximum Gasteiger partial charge on any atom is 0.253 e. The van der Waals surface area contributed by atoms with Crippen molar-refractivity contribution in [1.82, 2.24) is 5.32 Å². The van der Waals surface area contributed by atoms with Crippen LogP contribution in [0.1, 0.15) is 17.3 Å². The van der Waals surface area contributed by atoms with Gasteiger partial charge >= 0.3 is 0 Å². The summed E-state index contributed by atoms with van der Waals surface area (Å²) in [4.78, 5) is 11.5. The van der Waals surface area contributed by atoms with Crippen LogP contribution in [0, 0.1) is 5.82 Å². The molecule has 0 aliphatic carbocycles. The van der Waals surface area contributed by atoms with Crippen LogP contribution in [0.25, 0.3) is 0 Å². The van der Waals surface area contributed by atoms with Gasteiger partial charge in [-0.15, -0.1) is 0 Å². The number of carbonyl (C=O) groups excluding carboxylic acids is 1. The number of amides is 1. The molecule has 0 fully saturated rings. The lowest BCUT2D eigenvalue weighted by molar-refractivity contribution is 0.0924. The van der Waals surface area contributed by atoms with E-state index < -0.39 is 17.8 Å². The second kappa shape index (κ2) is 4.75. The highest BCUT2D eigenvalue weighted by atomic mass is 19.1. The number of aliphatic hydroxyl groups excluding tert-OH is 1. The molecule has 0 aliphatic heterocycles. The second-order valence-corrected chi connectivity index (χ2v) is 3.29. The molecule has 1 atom stereocenters. The number of halogens is 1. The van der Waals surface area contributed by atoms with E-state index in [1.807, 2.05) is 0 Å². The van der Waals surface area contributed by atoms with Crippen molar-refractivity contribution in [1.29, 1.82) is 0 Å². The summed E-state index contributed by atoms with van der Waals surface area (Å²) in [5.41, 5.74) is 5.79. The van der Waals surface area contributed by atoms with Crippen molar-refractivity contribution in [2.75, 3.05) is 12.3 Å². The van der Waals surface area contributed by atoms with Gasteiger partial charge in [0.15, 0.2) is 0 Å². The van der Waals surface area contributed by atoms with E-state index in [2.05, 4.69) is 5.32 Å². The summed E-state index contributed by atoms with van der Waals surface area (Å²) in [6, 6.07) is 3.57. The summed E-state index contributed by atoms with van der Waals surface area (Å²) in [5.74, 6) is -1.01. The van der Waals surface area contributed by atoms with Crippen molar-refractivity contribution in [3.05, 3.63) is 29.6 Å². The first kappa shape index (κ1) is 11.5. The molecular formula is C10H13FN2O2. The predicted octanol–water partition coefficient (Wildman–Crippen LogP) is 0.519. The molecular weight excluding hydrogens is 199 g/mol. The van der Waals surface area contributed by atoms with Gasteiger partial charge < -0.3 is 16.2 Å². The van der Waals surface area contributed by atoms with Gasteiger partial charge in [-0.05, 0) is 25.1 Å². The molecule has 0 aromatic heterocycles. The molecule has 0 unspecified atom stereocenters. The van der Waals surface area contributed by atoms with Gasteiger partial charge in [0.2, 0.25) is 0 Å². The fraction of sp³-hybridized carbons (Fsp3) is 0.300. The first-order valence-corrected chi connectivity index (χ1v) is 4.52. The Kier molecular flexibility index (Phi) is 3.62. The summed E-state index contributed by atoms with van der Waals surface area (Å²) in [6.07, 6.45) is -0.649. The Labute approximate surface area is 86.9 Å². The Morgan fingerprint density at radius 1 is 1.67 bits per heavy atom. The van der Waals surface area contributed by atoms with Crippen LogP contribution >= 0.6 is 0 Å². The first-order valence-electron chi connectivity index (χ1n) is 4.52. The van der Waals surface area contributed by atoms with E-state index in [4.69, 9.17) is 10.8 Å². The van der Waals surface area contributed by atoms with Crippen molar-refractivity contribution in [2.24, 2.45) is 0 Å². The highest BCUT2D eigenvalue weighted by Crippen LogP contribution is 2.12. The molecule has 1 rings (SSSR count). The van der Waals surface area contributed by atoms with Gasteiger partial charge in [-0.1, -0.05) is 0 Å². The maximum atomic E-state index is 12.8. The van der Waals surface area contributed by atoms with Crippen LogP contribution in [0.3, 0.4) is 0 Å². The van der Waals surface area contributed by atoms with Gasteiger partial charge in [0, 0.05) is 12.2 Å². The summed E-state index contributed by atoms with van der Waals surface area (Å²) in [6.45, 7) is 1.64. The van der Waals surface area contributed by atoms with Crippen molar-refractivity contribution in [3.8, 4) is 0 Å². The standard InChI is InChI=1S/C10H13FN2O2/c1-6(14)5-13-10(15)8-4-7(11)2-3-9(8)12/h2-4,6,14H,5,12H2,1H3,(H,13,15)/t6-/m0/s1. The van der Waals surface area contributed by atoms with Gasteiger partial charge in [-0.3, -0.25) is 4.79 Å². The van der Waals surface area contributed by atoms with E-state index in [9.17, 15) is 9.18 Å². The van der Waals surface area contributed by atoms with Crippen LogP contribution in [0.5, 0.6) is 0 Å². The number of aliphatic hydroxyl groups is 1. The lowest BCUT2D eigenvalue weighted by atomic mass is 10.1. The minimum atomic E-state index is -0.649. The number of nitrogens with two attached hydrogens (primary N) is 1. The molecule has 4 N–H and O–H groups in total. The third-order valence-corrected chi connectivity index (χ3v) is 1.82. The molecule has 1 aromatic rings.